The van der Waals surface area contributed by atoms with Crippen LogP contribution in [0.4, 0.5) is 24.5 Å². The van der Waals surface area contributed by atoms with Gasteiger partial charge in [0.2, 0.25) is 0 Å². The Hall–Kier alpha value is -2.67. The molecule has 0 bridgehead atoms. The lowest BCUT2D eigenvalue weighted by Crippen LogP contribution is -2.59. The number of nitro groups is 1. The van der Waals surface area contributed by atoms with Crippen molar-refractivity contribution < 1.29 is 22.9 Å². The standard InChI is InChI=1S/C11H9F3N4O3/c1-10(16,11(12,13)14)9(19)17-7-3-2-6(5-15)4-8(7)18(20)21/h2-4H,16H2,1H3,(H,17,19). The number of nitrogens with zero attached hydrogens (tertiary/aromatic N) is 2. The molecule has 0 saturated heterocycles. The lowest BCUT2D eigenvalue weighted by molar-refractivity contribution is -0.384. The molecule has 0 heterocycles. The normalized spacial score (nSPS) is 13.9. The quantitative estimate of drug-likeness (QED) is 0.649. The van der Waals surface area contributed by atoms with Gasteiger partial charge in [-0.25, -0.2) is 0 Å². The molecule has 10 heteroatoms. The molecule has 0 saturated carbocycles. The molecular formula is C11H9F3N4O3. The van der Waals surface area contributed by atoms with Gasteiger partial charge in [0.1, 0.15) is 5.69 Å². The molecule has 0 aromatic heterocycles. The van der Waals surface area contributed by atoms with Crippen molar-refractivity contribution in [1.82, 2.24) is 0 Å². The first-order valence-corrected chi connectivity index (χ1v) is 5.36. The van der Waals surface area contributed by atoms with Gasteiger partial charge in [-0.05, 0) is 19.1 Å². The topological polar surface area (TPSA) is 122 Å². The Kier molecular flexibility index (Phi) is 4.19. The maximum Gasteiger partial charge on any atom is 0.415 e. The number of nitrogens with one attached hydrogen (secondary N) is 1. The van der Waals surface area contributed by atoms with Crippen molar-refractivity contribution in [2.45, 2.75) is 18.6 Å². The summed E-state index contributed by atoms with van der Waals surface area (Å²) in [4.78, 5) is 21.4. The van der Waals surface area contributed by atoms with E-state index in [9.17, 15) is 28.1 Å². The van der Waals surface area contributed by atoms with E-state index in [1.807, 2.05) is 0 Å². The Balaban J connectivity index is 3.18. The Morgan fingerprint density at radius 3 is 2.48 bits per heavy atom. The van der Waals surface area contributed by atoms with Gasteiger partial charge in [0, 0.05) is 6.07 Å². The van der Waals surface area contributed by atoms with Gasteiger partial charge in [0.15, 0.2) is 5.54 Å². The molecule has 7 nitrogen and oxygen atoms in total. The molecule has 1 atom stereocenters. The molecule has 21 heavy (non-hydrogen) atoms. The summed E-state index contributed by atoms with van der Waals surface area (Å²) in [5.41, 5.74) is 0.427. The highest BCUT2D eigenvalue weighted by Crippen LogP contribution is 2.31. The number of alkyl halides is 3. The fraction of sp³-hybridized carbons (Fsp3) is 0.273. The first-order valence-electron chi connectivity index (χ1n) is 5.36. The maximum atomic E-state index is 12.6. The Labute approximate surface area is 116 Å². The molecule has 0 aliphatic carbocycles. The highest BCUT2D eigenvalue weighted by atomic mass is 19.4. The van der Waals surface area contributed by atoms with Crippen LogP contribution in [0.2, 0.25) is 0 Å². The predicted octanol–water partition coefficient (Wildman–Crippen LogP) is 1.68. The van der Waals surface area contributed by atoms with Crippen molar-refractivity contribution in [3.63, 3.8) is 0 Å². The second-order valence-electron chi connectivity index (χ2n) is 4.26. The number of carbonyl (C=O) groups excluding carboxylic acids is 1. The molecule has 0 aliphatic rings. The van der Waals surface area contributed by atoms with Gasteiger partial charge in [0.25, 0.3) is 11.6 Å². The number of hydrogen-bond acceptors (Lipinski definition) is 5. The minimum absolute atomic E-state index is 0.0777. The molecule has 112 valence electrons. The molecule has 1 aromatic rings. The van der Waals surface area contributed by atoms with Crippen LogP contribution in [0.1, 0.15) is 12.5 Å². The number of rotatable bonds is 3. The fourth-order valence-corrected chi connectivity index (χ4v) is 1.24. The lowest BCUT2D eigenvalue weighted by Gasteiger charge is -2.26. The molecule has 0 fully saturated rings. The number of anilines is 1. The van der Waals surface area contributed by atoms with Crippen molar-refractivity contribution in [3.8, 4) is 6.07 Å². The zero-order chi connectivity index (χ0) is 16.4. The SMILES string of the molecule is CC(N)(C(=O)Nc1ccc(C#N)cc1[N+](=O)[O-])C(F)(F)F. The Morgan fingerprint density at radius 1 is 1.48 bits per heavy atom. The summed E-state index contributed by atoms with van der Waals surface area (Å²) in [6, 6.07) is 4.54. The predicted molar refractivity (Wildman–Crippen MR) is 65.1 cm³/mol. The maximum absolute atomic E-state index is 12.6. The molecule has 0 aliphatic heterocycles. The highest BCUT2D eigenvalue weighted by molar-refractivity contribution is 6.00. The third-order valence-electron chi connectivity index (χ3n) is 2.63. The van der Waals surface area contributed by atoms with Crippen LogP contribution in [0.25, 0.3) is 0 Å². The molecule has 1 rings (SSSR count). The summed E-state index contributed by atoms with van der Waals surface area (Å²) in [6.45, 7) is 0.442. The van der Waals surface area contributed by atoms with Crippen LogP contribution in [0.5, 0.6) is 0 Å². The fourth-order valence-electron chi connectivity index (χ4n) is 1.24. The number of benzene rings is 1. The van der Waals surface area contributed by atoms with E-state index >= 15 is 0 Å². The first-order chi connectivity index (χ1) is 9.50. The smallest absolute Gasteiger partial charge is 0.318 e. The van der Waals surface area contributed by atoms with Gasteiger partial charge in [-0.1, -0.05) is 0 Å². The highest BCUT2D eigenvalue weighted by Gasteiger charge is 2.54. The minimum atomic E-state index is -5.03. The van der Waals surface area contributed by atoms with Gasteiger partial charge in [-0.3, -0.25) is 14.9 Å². The number of nitriles is 1. The summed E-state index contributed by atoms with van der Waals surface area (Å²) < 4.78 is 37.8. The van der Waals surface area contributed by atoms with Crippen LogP contribution >= 0.6 is 0 Å². The van der Waals surface area contributed by atoms with Crippen LogP contribution in [0.15, 0.2) is 18.2 Å². The average Bonchev–Trinajstić information content (AvgIpc) is 2.37. The van der Waals surface area contributed by atoms with Crippen LogP contribution in [-0.2, 0) is 4.79 Å². The van der Waals surface area contributed by atoms with Gasteiger partial charge in [-0.15, -0.1) is 0 Å². The van der Waals surface area contributed by atoms with Crippen LogP contribution < -0.4 is 11.1 Å². The van der Waals surface area contributed by atoms with Crippen LogP contribution in [-0.4, -0.2) is 22.5 Å². The molecule has 1 aromatic carbocycles. The summed E-state index contributed by atoms with van der Waals surface area (Å²) in [7, 11) is 0. The average molecular weight is 302 g/mol. The minimum Gasteiger partial charge on any atom is -0.318 e. The molecule has 3 N–H and O–H groups in total. The first kappa shape index (κ1) is 16.4. The van der Waals surface area contributed by atoms with Crippen LogP contribution in [0, 0.1) is 21.4 Å². The second kappa shape index (κ2) is 5.37. The van der Waals surface area contributed by atoms with Gasteiger partial charge in [-0.2, -0.15) is 18.4 Å². The number of nitro benzene ring substituents is 1. The summed E-state index contributed by atoms with van der Waals surface area (Å²) in [5, 5.41) is 21.2. The van der Waals surface area contributed by atoms with E-state index in [-0.39, 0.29) is 5.56 Å². The van der Waals surface area contributed by atoms with Crippen molar-refractivity contribution in [2.75, 3.05) is 5.32 Å². The van der Waals surface area contributed by atoms with E-state index in [2.05, 4.69) is 0 Å². The summed E-state index contributed by atoms with van der Waals surface area (Å²) in [5.74, 6) is -1.65. The number of nitrogens with two attached hydrogens (primary N) is 1. The number of amides is 1. The monoisotopic (exact) mass is 302 g/mol. The van der Waals surface area contributed by atoms with E-state index in [0.29, 0.717) is 6.92 Å². The third-order valence-corrected chi connectivity index (χ3v) is 2.63. The van der Waals surface area contributed by atoms with E-state index in [1.54, 1.807) is 11.4 Å². The molecule has 0 radical (unpaired) electrons. The van der Waals surface area contributed by atoms with Crippen LogP contribution in [0.3, 0.4) is 0 Å². The molecular weight excluding hydrogens is 293 g/mol. The molecule has 0 spiro atoms. The Bertz CT molecular complexity index is 635. The number of halogens is 3. The summed E-state index contributed by atoms with van der Waals surface area (Å²) >= 11 is 0. The van der Waals surface area contributed by atoms with Gasteiger partial charge >= 0.3 is 6.18 Å². The van der Waals surface area contributed by atoms with Gasteiger partial charge in [0.05, 0.1) is 16.6 Å². The van der Waals surface area contributed by atoms with Crippen molar-refractivity contribution in [1.29, 1.82) is 5.26 Å². The van der Waals surface area contributed by atoms with E-state index < -0.39 is 33.9 Å². The van der Waals surface area contributed by atoms with Gasteiger partial charge < -0.3 is 11.1 Å². The summed E-state index contributed by atoms with van der Waals surface area (Å²) in [6.07, 6.45) is -5.03. The number of hydrogen-bond donors (Lipinski definition) is 2. The lowest BCUT2D eigenvalue weighted by atomic mass is 10.0. The Morgan fingerprint density at radius 2 is 2.05 bits per heavy atom. The third kappa shape index (κ3) is 3.26. The van der Waals surface area contributed by atoms with Crippen molar-refractivity contribution in [2.24, 2.45) is 5.73 Å². The second-order valence-corrected chi connectivity index (χ2v) is 4.26. The van der Waals surface area contributed by atoms with E-state index in [1.165, 1.54) is 0 Å². The van der Waals surface area contributed by atoms with Crippen molar-refractivity contribution >= 4 is 17.3 Å². The van der Waals surface area contributed by atoms with E-state index in [4.69, 9.17) is 11.0 Å². The van der Waals surface area contributed by atoms with Crippen molar-refractivity contribution in [3.05, 3.63) is 33.9 Å². The number of carbonyl (C=O) groups is 1. The molecule has 1 amide bonds. The zero-order valence-corrected chi connectivity index (χ0v) is 10.6. The zero-order valence-electron chi connectivity index (χ0n) is 10.6. The largest absolute Gasteiger partial charge is 0.415 e. The molecule has 1 unspecified atom stereocenters. The van der Waals surface area contributed by atoms with E-state index in [0.717, 1.165) is 18.2 Å².